The molecule has 72 valence electrons. The summed E-state index contributed by atoms with van der Waals surface area (Å²) in [5, 5.41) is 0. The summed E-state index contributed by atoms with van der Waals surface area (Å²) in [6, 6.07) is 0. The summed E-state index contributed by atoms with van der Waals surface area (Å²) in [5.74, 6) is -0.613. The zero-order valence-corrected chi connectivity index (χ0v) is 8.24. The lowest BCUT2D eigenvalue weighted by Crippen LogP contribution is -2.20. The Bertz CT molecular complexity index is 234. The molecule has 2 nitrogen and oxygen atoms in total. The lowest BCUT2D eigenvalue weighted by molar-refractivity contribution is 0.255. The summed E-state index contributed by atoms with van der Waals surface area (Å²) < 4.78 is 34.2. The van der Waals surface area contributed by atoms with Gasteiger partial charge >= 0.3 is 0 Å². The van der Waals surface area contributed by atoms with Crippen LogP contribution in [0.2, 0.25) is 0 Å². The fourth-order valence-electron chi connectivity index (χ4n) is 1.65. The first kappa shape index (κ1) is 10.3. The van der Waals surface area contributed by atoms with Gasteiger partial charge in [0.05, 0.1) is 5.75 Å². The molecule has 1 atom stereocenters. The van der Waals surface area contributed by atoms with E-state index in [1.807, 2.05) is 0 Å². The highest BCUT2D eigenvalue weighted by molar-refractivity contribution is 8.13. The summed E-state index contributed by atoms with van der Waals surface area (Å²) in [6.07, 6.45) is 2.34. The van der Waals surface area contributed by atoms with Crippen LogP contribution < -0.4 is 0 Å². The van der Waals surface area contributed by atoms with Crippen molar-refractivity contribution in [3.8, 4) is 0 Å². The molecule has 1 aliphatic carbocycles. The Hall–Kier alpha value is 0.170. The molecule has 1 fully saturated rings. The maximum Gasteiger partial charge on any atom is 0.235 e. The summed E-state index contributed by atoms with van der Waals surface area (Å²) in [6.45, 7) is 0. The van der Waals surface area contributed by atoms with Gasteiger partial charge in [-0.15, -0.1) is 0 Å². The van der Waals surface area contributed by atoms with Gasteiger partial charge in [0.25, 0.3) is 0 Å². The second-order valence-electron chi connectivity index (χ2n) is 3.27. The van der Waals surface area contributed by atoms with Crippen molar-refractivity contribution in [3.63, 3.8) is 0 Å². The summed E-state index contributed by atoms with van der Waals surface area (Å²) in [5.41, 5.74) is 0. The molecule has 5 heteroatoms. The average molecular weight is 215 g/mol. The Kier molecular flexibility index (Phi) is 3.35. The van der Waals surface area contributed by atoms with Crippen molar-refractivity contribution in [3.05, 3.63) is 0 Å². The van der Waals surface area contributed by atoms with E-state index in [1.165, 1.54) is 0 Å². The van der Waals surface area contributed by atoms with Gasteiger partial charge in [-0.05, 0) is 18.8 Å². The molecule has 0 heterocycles. The highest BCUT2D eigenvalue weighted by Gasteiger charge is 2.28. The maximum absolute atomic E-state index is 13.1. The molecule has 1 unspecified atom stereocenters. The molecule has 0 N–H and O–H groups in total. The van der Waals surface area contributed by atoms with Gasteiger partial charge in [-0.3, -0.25) is 0 Å². The van der Waals surface area contributed by atoms with Gasteiger partial charge in [0.2, 0.25) is 9.05 Å². The standard InChI is InChI=1S/C7H12ClFO2S/c8-12(10,11)5-7(9)6-3-1-2-4-6/h6-7H,1-5H2. The quantitative estimate of drug-likeness (QED) is 0.675. The summed E-state index contributed by atoms with van der Waals surface area (Å²) in [7, 11) is 1.28. The van der Waals surface area contributed by atoms with E-state index >= 15 is 0 Å². The van der Waals surface area contributed by atoms with Gasteiger partial charge < -0.3 is 0 Å². The molecule has 12 heavy (non-hydrogen) atoms. The molecule has 0 aromatic rings. The molecule has 0 radical (unpaired) electrons. The van der Waals surface area contributed by atoms with Gasteiger partial charge in [-0.1, -0.05) is 12.8 Å². The fraction of sp³-hybridized carbons (Fsp3) is 1.00. The number of hydrogen-bond donors (Lipinski definition) is 0. The first-order valence-electron chi connectivity index (χ1n) is 4.05. The van der Waals surface area contributed by atoms with Gasteiger partial charge in [-0.25, -0.2) is 12.8 Å². The van der Waals surface area contributed by atoms with Crippen LogP contribution >= 0.6 is 10.7 Å². The van der Waals surface area contributed by atoms with Gasteiger partial charge in [0, 0.05) is 10.7 Å². The minimum atomic E-state index is -3.66. The second-order valence-corrected chi connectivity index (χ2v) is 6.09. The van der Waals surface area contributed by atoms with Crippen LogP contribution in [0.25, 0.3) is 0 Å². The monoisotopic (exact) mass is 214 g/mol. The van der Waals surface area contributed by atoms with Crippen LogP contribution in [-0.4, -0.2) is 20.3 Å². The Morgan fingerprint density at radius 3 is 2.33 bits per heavy atom. The number of alkyl halides is 1. The third-order valence-corrected chi connectivity index (χ3v) is 3.36. The van der Waals surface area contributed by atoms with Crippen LogP contribution in [0.5, 0.6) is 0 Å². The van der Waals surface area contributed by atoms with E-state index < -0.39 is 21.0 Å². The van der Waals surface area contributed by atoms with E-state index in [1.54, 1.807) is 0 Å². The molecule has 0 aromatic heterocycles. The molecular formula is C7H12ClFO2S. The van der Waals surface area contributed by atoms with Crippen LogP contribution in [0.4, 0.5) is 4.39 Å². The van der Waals surface area contributed by atoms with Crippen LogP contribution in [0, 0.1) is 5.92 Å². The Balaban J connectivity index is 2.42. The zero-order chi connectivity index (χ0) is 9.19. The molecule has 0 aliphatic heterocycles. The van der Waals surface area contributed by atoms with Gasteiger partial charge in [-0.2, -0.15) is 0 Å². The van der Waals surface area contributed by atoms with E-state index in [9.17, 15) is 12.8 Å². The normalized spacial score (nSPS) is 22.8. The van der Waals surface area contributed by atoms with Crippen molar-refractivity contribution < 1.29 is 12.8 Å². The van der Waals surface area contributed by atoms with Crippen molar-refractivity contribution in [2.75, 3.05) is 5.75 Å². The number of rotatable bonds is 3. The summed E-state index contributed by atoms with van der Waals surface area (Å²) >= 11 is 0. The molecule has 1 saturated carbocycles. The highest BCUT2D eigenvalue weighted by Crippen LogP contribution is 2.30. The Morgan fingerprint density at radius 1 is 1.42 bits per heavy atom. The van der Waals surface area contributed by atoms with Crippen molar-refractivity contribution in [1.29, 1.82) is 0 Å². The first-order valence-corrected chi connectivity index (χ1v) is 6.53. The van der Waals surface area contributed by atoms with E-state index in [2.05, 4.69) is 0 Å². The molecule has 1 rings (SSSR count). The van der Waals surface area contributed by atoms with Crippen molar-refractivity contribution in [1.82, 2.24) is 0 Å². The van der Waals surface area contributed by atoms with Crippen LogP contribution in [0.1, 0.15) is 25.7 Å². The van der Waals surface area contributed by atoms with Crippen LogP contribution in [0.15, 0.2) is 0 Å². The third-order valence-electron chi connectivity index (χ3n) is 2.27. The predicted octanol–water partition coefficient (Wildman–Crippen LogP) is 2.08. The lowest BCUT2D eigenvalue weighted by Gasteiger charge is -2.12. The predicted molar refractivity (Wildman–Crippen MR) is 46.5 cm³/mol. The zero-order valence-electron chi connectivity index (χ0n) is 6.67. The van der Waals surface area contributed by atoms with E-state index in [0.717, 1.165) is 25.7 Å². The third kappa shape index (κ3) is 3.27. The van der Waals surface area contributed by atoms with Crippen molar-refractivity contribution in [2.24, 2.45) is 5.92 Å². The largest absolute Gasteiger partial charge is 0.246 e. The number of hydrogen-bond acceptors (Lipinski definition) is 2. The molecule has 0 bridgehead atoms. The van der Waals surface area contributed by atoms with Crippen LogP contribution in [0.3, 0.4) is 0 Å². The highest BCUT2D eigenvalue weighted by atomic mass is 35.7. The average Bonchev–Trinajstić information content (AvgIpc) is 2.32. The summed E-state index contributed by atoms with van der Waals surface area (Å²) in [4.78, 5) is 0. The SMILES string of the molecule is O=S(=O)(Cl)CC(F)C1CCCC1. The molecular weight excluding hydrogens is 203 g/mol. The first-order chi connectivity index (χ1) is 5.49. The van der Waals surface area contributed by atoms with E-state index in [0.29, 0.717) is 0 Å². The molecule has 0 spiro atoms. The van der Waals surface area contributed by atoms with E-state index in [-0.39, 0.29) is 5.92 Å². The molecule has 0 amide bonds. The molecule has 0 saturated heterocycles. The smallest absolute Gasteiger partial charge is 0.235 e. The molecule has 0 aromatic carbocycles. The van der Waals surface area contributed by atoms with Crippen molar-refractivity contribution in [2.45, 2.75) is 31.9 Å². The van der Waals surface area contributed by atoms with Gasteiger partial charge in [0.15, 0.2) is 0 Å². The fourth-order valence-corrected chi connectivity index (χ4v) is 2.66. The lowest BCUT2D eigenvalue weighted by atomic mass is 10.0. The topological polar surface area (TPSA) is 34.1 Å². The second kappa shape index (κ2) is 3.92. The number of halogens is 2. The van der Waals surface area contributed by atoms with E-state index in [4.69, 9.17) is 10.7 Å². The van der Waals surface area contributed by atoms with Crippen LogP contribution in [-0.2, 0) is 9.05 Å². The van der Waals surface area contributed by atoms with Gasteiger partial charge in [0.1, 0.15) is 6.17 Å². The Labute approximate surface area is 76.5 Å². The molecule has 1 aliphatic rings. The minimum absolute atomic E-state index is 0.0847. The van der Waals surface area contributed by atoms with Crippen molar-refractivity contribution >= 4 is 19.7 Å². The maximum atomic E-state index is 13.1. The Morgan fingerprint density at radius 2 is 1.92 bits per heavy atom. The minimum Gasteiger partial charge on any atom is -0.246 e.